The van der Waals surface area contributed by atoms with Crippen molar-refractivity contribution in [3.05, 3.63) is 59.5 Å². The number of nitrogens with zero attached hydrogens (tertiary/aromatic N) is 7. The van der Waals surface area contributed by atoms with Gasteiger partial charge in [-0.05, 0) is 62.4 Å². The average Bonchev–Trinajstić information content (AvgIpc) is 3.84. The van der Waals surface area contributed by atoms with Gasteiger partial charge in [0.1, 0.15) is 17.5 Å². The third-order valence-corrected chi connectivity index (χ3v) is 13.2. The highest BCUT2D eigenvalue weighted by atomic mass is 19.3. The number of rotatable bonds is 12. The van der Waals surface area contributed by atoms with Crippen molar-refractivity contribution in [1.29, 1.82) is 0 Å². The van der Waals surface area contributed by atoms with Gasteiger partial charge in [-0.2, -0.15) is 13.8 Å². The van der Waals surface area contributed by atoms with Gasteiger partial charge in [0.2, 0.25) is 23.7 Å². The highest BCUT2D eigenvalue weighted by Crippen LogP contribution is 2.40. The van der Waals surface area contributed by atoms with E-state index in [9.17, 15) is 28.8 Å². The Kier molecular flexibility index (Phi) is 13.6. The first-order valence-electron chi connectivity index (χ1n) is 22.4. The van der Waals surface area contributed by atoms with Crippen LogP contribution in [0.4, 0.5) is 42.0 Å². The number of nitrogens with one attached hydrogen (secondary N) is 4. The summed E-state index contributed by atoms with van der Waals surface area (Å²) in [5.41, 5.74) is 1.06. The fraction of sp³-hybridized carbons (Fsp3) is 0.511. The maximum absolute atomic E-state index is 15.6. The van der Waals surface area contributed by atoms with Gasteiger partial charge in [0.05, 0.1) is 36.8 Å². The third-order valence-electron chi connectivity index (χ3n) is 13.2. The van der Waals surface area contributed by atoms with Gasteiger partial charge in [-0.1, -0.05) is 18.9 Å². The van der Waals surface area contributed by atoms with Crippen LogP contribution in [0.25, 0.3) is 0 Å². The summed E-state index contributed by atoms with van der Waals surface area (Å²) in [6.45, 7) is 2.85. The van der Waals surface area contributed by atoms with E-state index in [1.165, 1.54) is 31.3 Å². The summed E-state index contributed by atoms with van der Waals surface area (Å²) in [5.74, 6) is -6.99. The quantitative estimate of drug-likeness (QED) is 0.193. The SMILES string of the molecule is COc1cc(C(=O)NC2CCN(C(=O)CCN3CCN(c4cccc(C(=O)NC5CCC(=O)NC5=O)c4F)CC3)CC2)ccc1Nc1ncc2c(n1)N(C1CCCC1)CC(F)(F)C(=O)N2C. The topological polar surface area (TPSA) is 202 Å². The zero-order valence-corrected chi connectivity index (χ0v) is 36.9. The number of halogens is 3. The fourth-order valence-corrected chi connectivity index (χ4v) is 9.33. The van der Waals surface area contributed by atoms with Gasteiger partial charge >= 0.3 is 5.92 Å². The van der Waals surface area contributed by atoms with Crippen molar-refractivity contribution < 1.29 is 46.7 Å². The number of ether oxygens (including phenoxy) is 1. The van der Waals surface area contributed by atoms with Gasteiger partial charge in [-0.15, -0.1) is 0 Å². The minimum absolute atomic E-state index is 0.0129. The van der Waals surface area contributed by atoms with E-state index in [1.54, 1.807) is 30.3 Å². The Labute approximate surface area is 379 Å². The van der Waals surface area contributed by atoms with Crippen LogP contribution < -0.4 is 40.7 Å². The Morgan fingerprint density at radius 1 is 0.909 bits per heavy atom. The number of aromatic nitrogens is 2. The van der Waals surface area contributed by atoms with Crippen molar-refractivity contribution in [2.45, 2.75) is 81.8 Å². The number of hydrogen-bond acceptors (Lipinski definition) is 13. The van der Waals surface area contributed by atoms with E-state index in [0.29, 0.717) is 94.9 Å². The van der Waals surface area contributed by atoms with Crippen molar-refractivity contribution in [2.24, 2.45) is 0 Å². The molecule has 3 aromatic rings. The summed E-state index contributed by atoms with van der Waals surface area (Å²) in [7, 11) is 2.75. The molecule has 6 amide bonds. The Morgan fingerprint density at radius 3 is 2.36 bits per heavy atom. The Morgan fingerprint density at radius 2 is 1.65 bits per heavy atom. The molecule has 4 N–H and O–H groups in total. The van der Waals surface area contributed by atoms with E-state index in [-0.39, 0.29) is 65.4 Å². The molecular formula is C45H54F3N11O7. The molecule has 0 radical (unpaired) electrons. The van der Waals surface area contributed by atoms with Crippen molar-refractivity contribution >= 4 is 64.3 Å². The van der Waals surface area contributed by atoms with E-state index in [0.717, 1.165) is 17.7 Å². The molecule has 4 fully saturated rings. The van der Waals surface area contributed by atoms with Crippen LogP contribution in [0, 0.1) is 5.82 Å². The largest absolute Gasteiger partial charge is 0.495 e. The van der Waals surface area contributed by atoms with E-state index in [2.05, 4.69) is 36.1 Å². The minimum atomic E-state index is -3.60. The lowest BCUT2D eigenvalue weighted by molar-refractivity contribution is -0.140. The first-order chi connectivity index (χ1) is 31.7. The Bertz CT molecular complexity index is 2370. The third kappa shape index (κ3) is 9.99. The predicted octanol–water partition coefficient (Wildman–Crippen LogP) is 3.20. The highest BCUT2D eigenvalue weighted by Gasteiger charge is 2.49. The molecule has 66 heavy (non-hydrogen) atoms. The number of amides is 6. The van der Waals surface area contributed by atoms with Crippen LogP contribution in [0.5, 0.6) is 5.75 Å². The van der Waals surface area contributed by atoms with Crippen molar-refractivity contribution in [2.75, 3.05) is 86.5 Å². The molecule has 0 spiro atoms. The number of carbonyl (C=O) groups excluding carboxylic acids is 6. The van der Waals surface area contributed by atoms with Crippen LogP contribution in [0.15, 0.2) is 42.6 Å². The van der Waals surface area contributed by atoms with Crippen molar-refractivity contribution in [3.63, 3.8) is 0 Å². The van der Waals surface area contributed by atoms with Gasteiger partial charge in [0, 0.05) is 83.3 Å². The maximum Gasteiger partial charge on any atom is 0.342 e. The number of piperazine rings is 1. The smallest absolute Gasteiger partial charge is 0.342 e. The lowest BCUT2D eigenvalue weighted by Gasteiger charge is -2.37. The number of piperidine rings is 2. The number of fused-ring (bicyclic) bond motifs is 1. The molecule has 1 saturated carbocycles. The summed E-state index contributed by atoms with van der Waals surface area (Å²) in [5, 5.41) is 10.9. The van der Waals surface area contributed by atoms with Gasteiger partial charge in [0.25, 0.3) is 17.7 Å². The van der Waals surface area contributed by atoms with Crippen molar-refractivity contribution in [1.82, 2.24) is 35.7 Å². The van der Waals surface area contributed by atoms with Gasteiger partial charge in [0.15, 0.2) is 11.6 Å². The van der Waals surface area contributed by atoms with E-state index >= 15 is 13.2 Å². The lowest BCUT2D eigenvalue weighted by Crippen LogP contribution is -2.52. The number of carbonyl (C=O) groups is 6. The number of benzene rings is 2. The van der Waals surface area contributed by atoms with Crippen LogP contribution in [0.3, 0.4) is 0 Å². The van der Waals surface area contributed by atoms with Gasteiger partial charge in [-0.25, -0.2) is 9.37 Å². The minimum Gasteiger partial charge on any atom is -0.495 e. The lowest BCUT2D eigenvalue weighted by atomic mass is 10.0. The molecule has 8 rings (SSSR count). The Hall–Kier alpha value is -6.51. The van der Waals surface area contributed by atoms with Crippen LogP contribution in [0.1, 0.15) is 78.5 Å². The second-order valence-electron chi connectivity index (χ2n) is 17.4. The van der Waals surface area contributed by atoms with Crippen molar-refractivity contribution in [3.8, 4) is 5.75 Å². The molecule has 5 heterocycles. The molecule has 21 heteroatoms. The fourth-order valence-electron chi connectivity index (χ4n) is 9.33. The molecule has 1 unspecified atom stereocenters. The van der Waals surface area contributed by atoms with Gasteiger partial charge < -0.3 is 40.3 Å². The number of hydrogen-bond donors (Lipinski definition) is 4. The van der Waals surface area contributed by atoms with E-state index in [4.69, 9.17) is 4.74 Å². The molecule has 0 bridgehead atoms. The zero-order valence-electron chi connectivity index (χ0n) is 36.9. The highest BCUT2D eigenvalue weighted by molar-refractivity contribution is 6.04. The summed E-state index contributed by atoms with van der Waals surface area (Å²) in [6, 6.07) is 8.13. The van der Waals surface area contributed by atoms with Crippen LogP contribution >= 0.6 is 0 Å². The molecule has 18 nitrogen and oxygen atoms in total. The normalized spacial score (nSPS) is 20.7. The monoisotopic (exact) mass is 917 g/mol. The van der Waals surface area contributed by atoms with Gasteiger partial charge in [-0.3, -0.25) is 39.0 Å². The molecule has 3 saturated heterocycles. The van der Waals surface area contributed by atoms with E-state index in [1.807, 2.05) is 9.80 Å². The maximum atomic E-state index is 15.6. The molecule has 352 valence electrons. The van der Waals surface area contributed by atoms with Crippen LogP contribution in [0.2, 0.25) is 0 Å². The number of anilines is 5. The van der Waals surface area contributed by atoms with Crippen LogP contribution in [-0.4, -0.2) is 146 Å². The molecule has 4 aliphatic heterocycles. The van der Waals surface area contributed by atoms with Crippen LogP contribution in [-0.2, 0) is 19.2 Å². The number of likely N-dealkylation sites (tertiary alicyclic amines) is 1. The second-order valence-corrected chi connectivity index (χ2v) is 17.4. The second kappa shape index (κ2) is 19.5. The zero-order chi connectivity index (χ0) is 46.7. The predicted molar refractivity (Wildman–Crippen MR) is 237 cm³/mol. The number of methoxy groups -OCH3 is 1. The molecule has 1 aromatic heterocycles. The first-order valence-corrected chi connectivity index (χ1v) is 22.4. The average molecular weight is 918 g/mol. The molecule has 5 aliphatic rings. The molecular weight excluding hydrogens is 864 g/mol. The number of imide groups is 1. The summed E-state index contributed by atoms with van der Waals surface area (Å²) in [6.07, 6.45) is 6.26. The first kappa shape index (κ1) is 46.0. The number of alkyl halides is 2. The Balaban J connectivity index is 0.792. The summed E-state index contributed by atoms with van der Waals surface area (Å²) >= 11 is 0. The molecule has 1 aliphatic carbocycles. The molecule has 1 atom stereocenters. The van der Waals surface area contributed by atoms with E-state index < -0.39 is 48.0 Å². The summed E-state index contributed by atoms with van der Waals surface area (Å²) in [4.78, 5) is 93.0. The summed E-state index contributed by atoms with van der Waals surface area (Å²) < 4.78 is 51.3. The standard InChI is InChI=1S/C45H54F3N11O7/c1-55-34-25-49-44(54-39(34)59(29-6-3-4-7-29)26-45(47,48)43(55)65)52-31-11-10-27(24-35(31)66-2)40(62)50-28-14-18-58(19-15-28)37(61)16-17-56-20-22-57(23-21-56)33-9-5-8-30(38(33)46)41(63)51-32-12-13-36(60)53-42(32)64/h5,8-11,24-25,28-29,32H,3-4,6-7,12-23,26H2,1-2H3,(H,50,62)(H,51,63)(H,49,52,54)(H,53,60,64). The molecule has 2 aromatic carbocycles.